The van der Waals surface area contributed by atoms with E-state index in [9.17, 15) is 14.2 Å². The van der Waals surface area contributed by atoms with Gasteiger partial charge in [-0.25, -0.2) is 0 Å². The standard InChI is InChI=1S/C27H41O4P/c1-6-7-8-9-10-14-17-31-25(29)26(5,32-30)27(15-12-11-13-16-27)24(28)23-21(3)18-20(2)19-22(23)4/h18-19H,6-17H2,1-5H3. The molecule has 4 nitrogen and oxygen atoms in total. The fourth-order valence-corrected chi connectivity index (χ4v) is 6.01. The lowest BCUT2D eigenvalue weighted by molar-refractivity contribution is -0.150. The van der Waals surface area contributed by atoms with Gasteiger partial charge >= 0.3 is 5.97 Å². The Hall–Kier alpha value is -1.54. The summed E-state index contributed by atoms with van der Waals surface area (Å²) >= 11 is 0. The van der Waals surface area contributed by atoms with Crippen molar-refractivity contribution in [2.24, 2.45) is 5.41 Å². The van der Waals surface area contributed by atoms with Crippen molar-refractivity contribution >= 4 is 20.2 Å². The Bertz CT molecular complexity index is 787. The number of Topliss-reactive ketones (excluding diaryl/α,β-unsaturated/α-hetero) is 1. The monoisotopic (exact) mass is 460 g/mol. The Kier molecular flexibility index (Phi) is 10.1. The van der Waals surface area contributed by atoms with Gasteiger partial charge in [0.1, 0.15) is 0 Å². The van der Waals surface area contributed by atoms with Crippen molar-refractivity contribution in [3.8, 4) is 0 Å². The second-order valence-electron chi connectivity index (χ2n) is 9.81. The van der Waals surface area contributed by atoms with Gasteiger partial charge < -0.3 is 4.74 Å². The number of carbonyl (C=O) groups excluding carboxylic acids is 2. The van der Waals surface area contributed by atoms with Gasteiger partial charge in [-0.15, -0.1) is 0 Å². The molecule has 2 rings (SSSR count). The number of benzene rings is 1. The number of carbonyl (C=O) groups is 2. The van der Waals surface area contributed by atoms with Crippen molar-refractivity contribution in [3.63, 3.8) is 0 Å². The first-order valence-corrected chi connectivity index (χ1v) is 13.2. The molecule has 1 unspecified atom stereocenters. The summed E-state index contributed by atoms with van der Waals surface area (Å²) in [5.74, 6) is -0.546. The van der Waals surface area contributed by atoms with Gasteiger partial charge in [0.25, 0.3) is 0 Å². The molecule has 0 saturated heterocycles. The molecule has 1 atom stereocenters. The minimum Gasteiger partial charge on any atom is -0.465 e. The number of ketones is 1. The summed E-state index contributed by atoms with van der Waals surface area (Å²) in [6.07, 6.45) is 10.5. The maximum Gasteiger partial charge on any atom is 0.324 e. The van der Waals surface area contributed by atoms with E-state index in [2.05, 4.69) is 6.92 Å². The Morgan fingerprint density at radius 1 is 0.969 bits per heavy atom. The molecule has 0 N–H and O–H groups in total. The quantitative estimate of drug-likeness (QED) is 0.139. The average Bonchev–Trinajstić information content (AvgIpc) is 2.77. The molecule has 178 valence electrons. The highest BCUT2D eigenvalue weighted by Crippen LogP contribution is 2.54. The normalized spacial score (nSPS) is 17.7. The minimum atomic E-state index is -1.38. The summed E-state index contributed by atoms with van der Waals surface area (Å²) in [5.41, 5.74) is 2.62. The maximum absolute atomic E-state index is 14.1. The highest BCUT2D eigenvalue weighted by Gasteiger charge is 2.60. The van der Waals surface area contributed by atoms with Crippen molar-refractivity contribution in [2.75, 3.05) is 6.61 Å². The summed E-state index contributed by atoms with van der Waals surface area (Å²) in [6, 6.07) is 4.03. The van der Waals surface area contributed by atoms with Gasteiger partial charge in [-0.2, -0.15) is 0 Å². The first kappa shape index (κ1) is 26.7. The van der Waals surface area contributed by atoms with Crippen molar-refractivity contribution in [2.45, 2.75) is 110 Å². The van der Waals surface area contributed by atoms with Crippen LogP contribution in [-0.2, 0) is 14.1 Å². The van der Waals surface area contributed by atoms with Crippen LogP contribution < -0.4 is 0 Å². The van der Waals surface area contributed by atoms with Gasteiger partial charge in [-0.05, 0) is 58.1 Å². The lowest BCUT2D eigenvalue weighted by atomic mass is 9.61. The highest BCUT2D eigenvalue weighted by molar-refractivity contribution is 7.28. The Labute approximate surface area is 196 Å². The lowest BCUT2D eigenvalue weighted by Crippen LogP contribution is -2.54. The number of ether oxygens (including phenoxy) is 1. The Balaban J connectivity index is 2.28. The number of hydrogen-bond acceptors (Lipinski definition) is 4. The van der Waals surface area contributed by atoms with Crippen LogP contribution in [0.25, 0.3) is 0 Å². The van der Waals surface area contributed by atoms with Crippen LogP contribution in [-0.4, -0.2) is 23.5 Å². The van der Waals surface area contributed by atoms with E-state index in [-0.39, 0.29) is 14.2 Å². The zero-order valence-corrected chi connectivity index (χ0v) is 21.6. The van der Waals surface area contributed by atoms with E-state index in [1.165, 1.54) is 19.3 Å². The predicted molar refractivity (Wildman–Crippen MR) is 131 cm³/mol. The van der Waals surface area contributed by atoms with Crippen LogP contribution in [0.5, 0.6) is 0 Å². The zero-order chi connectivity index (χ0) is 23.8. The van der Waals surface area contributed by atoms with Crippen molar-refractivity contribution < 1.29 is 18.9 Å². The second kappa shape index (κ2) is 12.1. The Morgan fingerprint density at radius 2 is 1.53 bits per heavy atom. The van der Waals surface area contributed by atoms with Crippen LogP contribution in [0.1, 0.15) is 112 Å². The van der Waals surface area contributed by atoms with E-state index in [1.807, 2.05) is 32.9 Å². The zero-order valence-electron chi connectivity index (χ0n) is 20.7. The fourth-order valence-electron chi connectivity index (χ4n) is 5.38. The van der Waals surface area contributed by atoms with E-state index < -0.39 is 16.5 Å². The van der Waals surface area contributed by atoms with Crippen molar-refractivity contribution in [1.82, 2.24) is 0 Å². The van der Waals surface area contributed by atoms with Crippen LogP contribution in [0.15, 0.2) is 12.1 Å². The van der Waals surface area contributed by atoms with Gasteiger partial charge in [0.2, 0.25) is 0 Å². The molecule has 0 spiro atoms. The summed E-state index contributed by atoms with van der Waals surface area (Å²) in [6.45, 7) is 10.1. The molecule has 0 bridgehead atoms. The largest absolute Gasteiger partial charge is 0.465 e. The molecule has 32 heavy (non-hydrogen) atoms. The van der Waals surface area contributed by atoms with E-state index in [0.717, 1.165) is 55.2 Å². The molecule has 1 aromatic carbocycles. The number of unbranched alkanes of at least 4 members (excludes halogenated alkanes) is 5. The number of aryl methyl sites for hydroxylation is 3. The summed E-state index contributed by atoms with van der Waals surface area (Å²) in [4.78, 5) is 27.4. The first-order chi connectivity index (χ1) is 15.2. The van der Waals surface area contributed by atoms with Gasteiger partial charge in [0, 0.05) is 5.56 Å². The molecule has 1 aliphatic rings. The van der Waals surface area contributed by atoms with Crippen LogP contribution in [0, 0.1) is 26.2 Å². The molecular formula is C27H41O4P. The van der Waals surface area contributed by atoms with Crippen LogP contribution in [0.3, 0.4) is 0 Å². The molecule has 0 heterocycles. The molecule has 0 aromatic heterocycles. The molecule has 1 saturated carbocycles. The molecule has 0 amide bonds. The van der Waals surface area contributed by atoms with Gasteiger partial charge in [0.05, 0.1) is 12.0 Å². The van der Waals surface area contributed by atoms with Crippen LogP contribution in [0.2, 0.25) is 0 Å². The molecule has 5 heteroatoms. The predicted octanol–water partition coefficient (Wildman–Crippen LogP) is 7.70. The van der Waals surface area contributed by atoms with E-state index in [0.29, 0.717) is 25.0 Å². The Morgan fingerprint density at radius 3 is 2.09 bits per heavy atom. The SMILES string of the molecule is CCCCCCCCOC(=O)C(C)(P=O)C1(C(=O)c2c(C)cc(C)cc2C)CCCCC1. The summed E-state index contributed by atoms with van der Waals surface area (Å²) in [7, 11) is -0.334. The minimum absolute atomic E-state index is 0.0467. The smallest absolute Gasteiger partial charge is 0.324 e. The molecule has 1 aromatic rings. The molecular weight excluding hydrogens is 419 g/mol. The van der Waals surface area contributed by atoms with Crippen molar-refractivity contribution in [3.05, 3.63) is 34.4 Å². The first-order valence-electron chi connectivity index (χ1n) is 12.4. The lowest BCUT2D eigenvalue weighted by Gasteiger charge is -2.44. The average molecular weight is 461 g/mol. The number of rotatable bonds is 12. The van der Waals surface area contributed by atoms with E-state index >= 15 is 0 Å². The van der Waals surface area contributed by atoms with Crippen LogP contribution >= 0.6 is 8.46 Å². The molecule has 0 aliphatic heterocycles. The highest BCUT2D eigenvalue weighted by atomic mass is 31.1. The summed E-state index contributed by atoms with van der Waals surface area (Å²) in [5, 5.41) is -1.38. The second-order valence-corrected chi connectivity index (χ2v) is 10.9. The number of hydrogen-bond donors (Lipinski definition) is 0. The van der Waals surface area contributed by atoms with E-state index in [1.54, 1.807) is 6.92 Å². The van der Waals surface area contributed by atoms with Gasteiger partial charge in [0.15, 0.2) is 19.4 Å². The third-order valence-corrected chi connectivity index (χ3v) is 8.26. The fraction of sp³-hybridized carbons (Fsp3) is 0.704. The van der Waals surface area contributed by atoms with Crippen molar-refractivity contribution in [1.29, 1.82) is 0 Å². The summed E-state index contributed by atoms with van der Waals surface area (Å²) < 4.78 is 18.2. The molecule has 1 fully saturated rings. The maximum atomic E-state index is 14.1. The molecule has 1 aliphatic carbocycles. The van der Waals surface area contributed by atoms with Gasteiger partial charge in [-0.3, -0.25) is 14.2 Å². The molecule has 0 radical (unpaired) electrons. The number of esters is 1. The third-order valence-electron chi connectivity index (χ3n) is 7.29. The van der Waals surface area contributed by atoms with Gasteiger partial charge in [-0.1, -0.05) is 76.0 Å². The topological polar surface area (TPSA) is 60.4 Å². The van der Waals surface area contributed by atoms with Crippen LogP contribution in [0.4, 0.5) is 0 Å². The third kappa shape index (κ3) is 5.68. The van der Waals surface area contributed by atoms with E-state index in [4.69, 9.17) is 4.74 Å².